The van der Waals surface area contributed by atoms with Gasteiger partial charge in [-0.05, 0) is 31.2 Å². The van der Waals surface area contributed by atoms with Gasteiger partial charge in [0, 0.05) is 18.0 Å². The average Bonchev–Trinajstić information content (AvgIpc) is 2.23. The van der Waals surface area contributed by atoms with Gasteiger partial charge < -0.3 is 5.73 Å². The van der Waals surface area contributed by atoms with Crippen molar-refractivity contribution in [2.24, 2.45) is 0 Å². The number of aromatic nitrogens is 2. The van der Waals surface area contributed by atoms with E-state index in [1.165, 1.54) is 0 Å². The highest BCUT2D eigenvalue weighted by Gasteiger charge is 2.00. The van der Waals surface area contributed by atoms with E-state index in [2.05, 4.69) is 9.97 Å². The molecule has 3 nitrogen and oxygen atoms in total. The minimum absolute atomic E-state index is 0. The Morgan fingerprint density at radius 1 is 1.20 bits per heavy atom. The summed E-state index contributed by atoms with van der Waals surface area (Å²) in [6, 6.07) is 7.64. The van der Waals surface area contributed by atoms with E-state index in [4.69, 9.17) is 5.73 Å². The van der Waals surface area contributed by atoms with Gasteiger partial charge in [-0.2, -0.15) is 0 Å². The van der Waals surface area contributed by atoms with Gasteiger partial charge in [-0.1, -0.05) is 0 Å². The van der Waals surface area contributed by atoms with Crippen molar-refractivity contribution in [3.05, 3.63) is 42.4 Å². The van der Waals surface area contributed by atoms with Crippen LogP contribution >= 0.6 is 12.4 Å². The van der Waals surface area contributed by atoms with Crippen LogP contribution in [0.25, 0.3) is 11.3 Å². The number of aryl methyl sites for hydroxylation is 1. The van der Waals surface area contributed by atoms with Gasteiger partial charge in [0.25, 0.3) is 0 Å². The van der Waals surface area contributed by atoms with Gasteiger partial charge in [0.2, 0.25) is 0 Å². The molecule has 2 aromatic heterocycles. The van der Waals surface area contributed by atoms with E-state index < -0.39 is 0 Å². The van der Waals surface area contributed by atoms with Gasteiger partial charge in [-0.3, -0.25) is 9.97 Å². The summed E-state index contributed by atoms with van der Waals surface area (Å²) in [7, 11) is 0. The predicted octanol–water partition coefficient (Wildman–Crippen LogP) is 2.46. The Morgan fingerprint density at radius 3 is 2.60 bits per heavy atom. The molecule has 4 heteroatoms. The zero-order valence-corrected chi connectivity index (χ0v) is 9.16. The number of hydrogen-bond donors (Lipinski definition) is 1. The highest BCUT2D eigenvalue weighted by molar-refractivity contribution is 5.85. The van der Waals surface area contributed by atoms with E-state index in [9.17, 15) is 0 Å². The maximum absolute atomic E-state index is 5.69. The Bertz CT molecular complexity index is 443. The lowest BCUT2D eigenvalue weighted by Crippen LogP contribution is -1.94. The van der Waals surface area contributed by atoms with Crippen LogP contribution < -0.4 is 5.73 Å². The summed E-state index contributed by atoms with van der Waals surface area (Å²) >= 11 is 0. The Kier molecular flexibility index (Phi) is 3.63. The first-order valence-electron chi connectivity index (χ1n) is 4.41. The Hall–Kier alpha value is -1.61. The molecule has 2 rings (SSSR count). The molecular weight excluding hydrogens is 210 g/mol. The van der Waals surface area contributed by atoms with Crippen molar-refractivity contribution in [3.63, 3.8) is 0 Å². The molecule has 0 aromatic carbocycles. The van der Waals surface area contributed by atoms with Crippen molar-refractivity contribution in [3.8, 4) is 11.3 Å². The lowest BCUT2D eigenvalue weighted by molar-refractivity contribution is 1.20. The molecule has 0 spiro atoms. The van der Waals surface area contributed by atoms with Crippen LogP contribution in [-0.4, -0.2) is 9.97 Å². The topological polar surface area (TPSA) is 51.8 Å². The SMILES string of the molecule is Cc1nc(-c2cccnc2)ccc1N.Cl. The third-order valence-electron chi connectivity index (χ3n) is 2.08. The lowest BCUT2D eigenvalue weighted by Gasteiger charge is -2.03. The zero-order chi connectivity index (χ0) is 9.97. The largest absolute Gasteiger partial charge is 0.397 e. The average molecular weight is 222 g/mol. The molecule has 0 aliphatic carbocycles. The highest BCUT2D eigenvalue weighted by atomic mass is 35.5. The number of anilines is 1. The Morgan fingerprint density at radius 2 is 2.00 bits per heavy atom. The third-order valence-corrected chi connectivity index (χ3v) is 2.08. The molecule has 78 valence electrons. The van der Waals surface area contributed by atoms with Crippen LogP contribution in [0, 0.1) is 6.92 Å². The molecule has 2 N–H and O–H groups in total. The van der Waals surface area contributed by atoms with Crippen molar-refractivity contribution in [2.45, 2.75) is 6.92 Å². The number of nitrogens with zero attached hydrogens (tertiary/aromatic N) is 2. The van der Waals surface area contributed by atoms with Crippen LogP contribution in [0.1, 0.15) is 5.69 Å². The molecule has 0 saturated heterocycles. The smallest absolute Gasteiger partial charge is 0.0722 e. The molecule has 0 radical (unpaired) electrons. The number of rotatable bonds is 1. The standard InChI is InChI=1S/C11H11N3.ClH/c1-8-10(12)4-5-11(14-8)9-3-2-6-13-7-9;/h2-7H,12H2,1H3;1H. The molecule has 0 fully saturated rings. The van der Waals surface area contributed by atoms with Crippen LogP contribution in [-0.2, 0) is 0 Å². The van der Waals surface area contributed by atoms with E-state index in [0.717, 1.165) is 22.6 Å². The molecule has 0 aliphatic rings. The van der Waals surface area contributed by atoms with Gasteiger partial charge in [0.15, 0.2) is 0 Å². The number of pyridine rings is 2. The fourth-order valence-electron chi connectivity index (χ4n) is 1.25. The summed E-state index contributed by atoms with van der Waals surface area (Å²) in [5.74, 6) is 0. The van der Waals surface area contributed by atoms with Gasteiger partial charge in [0.05, 0.1) is 17.1 Å². The second-order valence-corrected chi connectivity index (χ2v) is 3.11. The summed E-state index contributed by atoms with van der Waals surface area (Å²) < 4.78 is 0. The predicted molar refractivity (Wildman–Crippen MR) is 63.9 cm³/mol. The zero-order valence-electron chi connectivity index (χ0n) is 8.34. The minimum atomic E-state index is 0. The molecule has 0 aliphatic heterocycles. The normalized spacial score (nSPS) is 9.40. The Labute approximate surface area is 94.8 Å². The number of hydrogen-bond acceptors (Lipinski definition) is 3. The summed E-state index contributed by atoms with van der Waals surface area (Å²) in [4.78, 5) is 8.42. The first kappa shape index (κ1) is 11.5. The number of nitrogen functional groups attached to an aromatic ring is 1. The molecule has 2 heterocycles. The maximum Gasteiger partial charge on any atom is 0.0722 e. The first-order valence-corrected chi connectivity index (χ1v) is 4.41. The van der Waals surface area contributed by atoms with E-state index in [1.807, 2.05) is 31.2 Å². The number of nitrogens with two attached hydrogens (primary N) is 1. The number of halogens is 1. The highest BCUT2D eigenvalue weighted by Crippen LogP contribution is 2.18. The van der Waals surface area contributed by atoms with Crippen LogP contribution in [0.3, 0.4) is 0 Å². The van der Waals surface area contributed by atoms with Crippen LogP contribution in [0.2, 0.25) is 0 Å². The minimum Gasteiger partial charge on any atom is -0.397 e. The van der Waals surface area contributed by atoms with Crippen LogP contribution in [0.5, 0.6) is 0 Å². The fraction of sp³-hybridized carbons (Fsp3) is 0.0909. The lowest BCUT2D eigenvalue weighted by atomic mass is 10.2. The van der Waals surface area contributed by atoms with Crippen molar-refractivity contribution in [1.82, 2.24) is 9.97 Å². The molecule has 0 bridgehead atoms. The quantitative estimate of drug-likeness (QED) is 0.805. The maximum atomic E-state index is 5.69. The summed E-state index contributed by atoms with van der Waals surface area (Å²) in [5.41, 5.74) is 9.18. The molecule has 15 heavy (non-hydrogen) atoms. The van der Waals surface area contributed by atoms with E-state index in [0.29, 0.717) is 0 Å². The molecule has 2 aromatic rings. The summed E-state index contributed by atoms with van der Waals surface area (Å²) in [6.45, 7) is 1.90. The van der Waals surface area contributed by atoms with Crippen molar-refractivity contribution < 1.29 is 0 Å². The van der Waals surface area contributed by atoms with E-state index in [1.54, 1.807) is 12.4 Å². The fourth-order valence-corrected chi connectivity index (χ4v) is 1.25. The van der Waals surface area contributed by atoms with E-state index in [-0.39, 0.29) is 12.4 Å². The molecule has 0 unspecified atom stereocenters. The van der Waals surface area contributed by atoms with Gasteiger partial charge in [-0.15, -0.1) is 12.4 Å². The van der Waals surface area contributed by atoms with Gasteiger partial charge in [0.1, 0.15) is 0 Å². The van der Waals surface area contributed by atoms with Crippen LogP contribution in [0.4, 0.5) is 5.69 Å². The Balaban J connectivity index is 0.00000112. The van der Waals surface area contributed by atoms with Gasteiger partial charge in [-0.25, -0.2) is 0 Å². The molecule has 0 atom stereocenters. The van der Waals surface area contributed by atoms with Crippen molar-refractivity contribution >= 4 is 18.1 Å². The third kappa shape index (κ3) is 2.44. The van der Waals surface area contributed by atoms with Gasteiger partial charge >= 0.3 is 0 Å². The first-order chi connectivity index (χ1) is 6.77. The van der Waals surface area contributed by atoms with E-state index >= 15 is 0 Å². The summed E-state index contributed by atoms with van der Waals surface area (Å²) in [5, 5.41) is 0. The van der Waals surface area contributed by atoms with Crippen molar-refractivity contribution in [2.75, 3.05) is 5.73 Å². The van der Waals surface area contributed by atoms with Crippen LogP contribution in [0.15, 0.2) is 36.7 Å². The second kappa shape index (κ2) is 4.75. The molecule has 0 saturated carbocycles. The monoisotopic (exact) mass is 221 g/mol. The molecular formula is C11H12ClN3. The second-order valence-electron chi connectivity index (χ2n) is 3.11. The molecule has 0 amide bonds. The summed E-state index contributed by atoms with van der Waals surface area (Å²) in [6.07, 6.45) is 3.53. The van der Waals surface area contributed by atoms with Crippen molar-refractivity contribution in [1.29, 1.82) is 0 Å².